The van der Waals surface area contributed by atoms with Crippen molar-refractivity contribution in [1.29, 1.82) is 0 Å². The molecule has 2 aromatic carbocycles. The zero-order valence-corrected chi connectivity index (χ0v) is 16.2. The molecular formula is C19H16F3N3O3S. The Bertz CT molecular complexity index is 1140. The summed E-state index contributed by atoms with van der Waals surface area (Å²) in [6, 6.07) is 14.0. The molecule has 0 spiro atoms. The molecule has 0 saturated carbocycles. The Labute approximate surface area is 165 Å². The second-order valence-electron chi connectivity index (χ2n) is 6.25. The molecule has 0 fully saturated rings. The summed E-state index contributed by atoms with van der Waals surface area (Å²) in [5.74, 6) is -1.01. The molecule has 0 aliphatic heterocycles. The van der Waals surface area contributed by atoms with Gasteiger partial charge in [-0.1, -0.05) is 48.0 Å². The van der Waals surface area contributed by atoms with E-state index < -0.39 is 27.8 Å². The highest BCUT2D eigenvalue weighted by atomic mass is 32.2. The van der Waals surface area contributed by atoms with Gasteiger partial charge >= 0.3 is 6.18 Å². The quantitative estimate of drug-likeness (QED) is 0.641. The number of hydrogen-bond donors (Lipinski definition) is 0. The number of sulfonamides is 1. The Hall–Kier alpha value is -3.14. The fourth-order valence-corrected chi connectivity index (χ4v) is 4.04. The Morgan fingerprint density at radius 3 is 2.14 bits per heavy atom. The highest BCUT2D eigenvalue weighted by molar-refractivity contribution is 7.93. The molecule has 1 heterocycles. The number of rotatable bonds is 4. The molecule has 10 heteroatoms. The van der Waals surface area contributed by atoms with Crippen LogP contribution < -0.4 is 4.41 Å². The minimum atomic E-state index is -4.83. The molecule has 0 bridgehead atoms. The number of carbonyl (C=O) groups is 1. The molecular weight excluding hydrogens is 407 g/mol. The predicted molar refractivity (Wildman–Crippen MR) is 99.9 cm³/mol. The molecule has 1 aromatic heterocycles. The highest BCUT2D eigenvalue weighted by Crippen LogP contribution is 2.33. The van der Waals surface area contributed by atoms with Gasteiger partial charge in [0.15, 0.2) is 5.69 Å². The first-order chi connectivity index (χ1) is 13.5. The van der Waals surface area contributed by atoms with Gasteiger partial charge in [-0.3, -0.25) is 4.79 Å². The largest absolute Gasteiger partial charge is 0.435 e. The number of aromatic nitrogens is 2. The summed E-state index contributed by atoms with van der Waals surface area (Å²) < 4.78 is 66.2. The van der Waals surface area contributed by atoms with Gasteiger partial charge < -0.3 is 0 Å². The van der Waals surface area contributed by atoms with E-state index in [0.29, 0.717) is 10.9 Å². The van der Waals surface area contributed by atoms with Crippen LogP contribution in [0.4, 0.5) is 13.2 Å². The highest BCUT2D eigenvalue weighted by Gasteiger charge is 2.38. The maximum Gasteiger partial charge on any atom is 0.435 e. The van der Waals surface area contributed by atoms with E-state index in [-0.39, 0.29) is 20.6 Å². The van der Waals surface area contributed by atoms with E-state index in [9.17, 15) is 26.4 Å². The van der Waals surface area contributed by atoms with E-state index in [1.54, 1.807) is 25.1 Å². The van der Waals surface area contributed by atoms with Crippen LogP contribution in [0.1, 0.15) is 18.2 Å². The maximum atomic E-state index is 13.3. The maximum absolute atomic E-state index is 13.3. The van der Waals surface area contributed by atoms with Crippen LogP contribution in [0.3, 0.4) is 0 Å². The lowest BCUT2D eigenvalue weighted by molar-refractivity contribution is -0.141. The lowest BCUT2D eigenvalue weighted by Gasteiger charge is -2.22. The van der Waals surface area contributed by atoms with Gasteiger partial charge in [0.1, 0.15) is 0 Å². The monoisotopic (exact) mass is 423 g/mol. The average molecular weight is 423 g/mol. The van der Waals surface area contributed by atoms with Crippen molar-refractivity contribution in [2.75, 3.05) is 4.41 Å². The van der Waals surface area contributed by atoms with E-state index in [4.69, 9.17) is 0 Å². The van der Waals surface area contributed by atoms with Crippen molar-refractivity contribution in [3.63, 3.8) is 0 Å². The fourth-order valence-electron chi connectivity index (χ4n) is 2.67. The van der Waals surface area contributed by atoms with E-state index in [1.807, 2.05) is 0 Å². The zero-order valence-electron chi connectivity index (χ0n) is 15.4. The third kappa shape index (κ3) is 4.02. The van der Waals surface area contributed by atoms with Crippen LogP contribution in [0.25, 0.3) is 11.3 Å². The van der Waals surface area contributed by atoms with Crippen molar-refractivity contribution >= 4 is 15.9 Å². The third-order valence-corrected chi connectivity index (χ3v) is 5.77. The molecule has 0 atom stereocenters. The summed E-state index contributed by atoms with van der Waals surface area (Å²) in [6.45, 7) is 2.73. The van der Waals surface area contributed by atoms with Crippen LogP contribution >= 0.6 is 0 Å². The molecule has 1 amide bonds. The number of alkyl halides is 3. The summed E-state index contributed by atoms with van der Waals surface area (Å²) in [4.78, 5) is 12.5. The average Bonchev–Trinajstić information content (AvgIpc) is 3.07. The molecule has 152 valence electrons. The molecule has 3 aromatic rings. The van der Waals surface area contributed by atoms with Gasteiger partial charge in [0, 0.05) is 12.5 Å². The van der Waals surface area contributed by atoms with E-state index in [2.05, 4.69) is 5.10 Å². The Kier molecular flexibility index (Phi) is 5.22. The van der Waals surface area contributed by atoms with Gasteiger partial charge in [-0.15, -0.1) is 9.51 Å². The van der Waals surface area contributed by atoms with Crippen LogP contribution in [-0.2, 0) is 21.0 Å². The standard InChI is InChI=1S/C19H16F3N3O3S/c1-13-8-10-15(11-9-13)17-12-18(19(20,21)22)23-24(17)25(14(2)26)29(27,28)16-6-4-3-5-7-16/h3-12H,1-2H3. The summed E-state index contributed by atoms with van der Waals surface area (Å²) in [6.07, 6.45) is -4.83. The number of carbonyl (C=O) groups excluding carboxylic acids is 1. The summed E-state index contributed by atoms with van der Waals surface area (Å²) in [7, 11) is -4.51. The number of aryl methyl sites for hydroxylation is 1. The van der Waals surface area contributed by atoms with Gasteiger partial charge in [-0.2, -0.15) is 26.4 Å². The summed E-state index contributed by atoms with van der Waals surface area (Å²) >= 11 is 0. The number of halogens is 3. The summed E-state index contributed by atoms with van der Waals surface area (Å²) in [5.41, 5.74) is -0.376. The van der Waals surface area contributed by atoms with Crippen molar-refractivity contribution in [3.8, 4) is 11.3 Å². The molecule has 0 radical (unpaired) electrons. The smallest absolute Gasteiger partial charge is 0.272 e. The lowest BCUT2D eigenvalue weighted by Crippen LogP contribution is -2.45. The van der Waals surface area contributed by atoms with Crippen LogP contribution in [-0.4, -0.2) is 24.2 Å². The van der Waals surface area contributed by atoms with Gasteiger partial charge in [0.2, 0.25) is 0 Å². The van der Waals surface area contributed by atoms with E-state index >= 15 is 0 Å². The predicted octanol–water partition coefficient (Wildman–Crippen LogP) is 3.75. The number of benzene rings is 2. The Balaban J connectivity index is 2.27. The molecule has 0 unspecified atom stereocenters. The topological polar surface area (TPSA) is 72.3 Å². The zero-order chi connectivity index (χ0) is 21.4. The number of nitrogens with zero attached hydrogens (tertiary/aromatic N) is 3. The fraction of sp³-hybridized carbons (Fsp3) is 0.158. The van der Waals surface area contributed by atoms with Gasteiger partial charge in [-0.05, 0) is 25.1 Å². The molecule has 29 heavy (non-hydrogen) atoms. The first kappa shape index (κ1) is 20.6. The second kappa shape index (κ2) is 7.36. The molecule has 6 nitrogen and oxygen atoms in total. The second-order valence-corrected chi connectivity index (χ2v) is 8.02. The van der Waals surface area contributed by atoms with Gasteiger partial charge in [0.05, 0.1) is 10.6 Å². The van der Waals surface area contributed by atoms with E-state index in [0.717, 1.165) is 12.5 Å². The van der Waals surface area contributed by atoms with Crippen molar-refractivity contribution in [2.24, 2.45) is 0 Å². The van der Waals surface area contributed by atoms with Crippen molar-refractivity contribution in [3.05, 3.63) is 71.9 Å². The van der Waals surface area contributed by atoms with Crippen LogP contribution in [0.5, 0.6) is 0 Å². The molecule has 3 rings (SSSR count). The van der Waals surface area contributed by atoms with Crippen LogP contribution in [0.2, 0.25) is 0 Å². The first-order valence-electron chi connectivity index (χ1n) is 8.37. The Morgan fingerprint density at radius 1 is 1.03 bits per heavy atom. The van der Waals surface area contributed by atoms with Crippen molar-refractivity contribution in [1.82, 2.24) is 9.89 Å². The van der Waals surface area contributed by atoms with Crippen LogP contribution in [0, 0.1) is 6.92 Å². The van der Waals surface area contributed by atoms with Gasteiger partial charge in [0.25, 0.3) is 15.9 Å². The minimum Gasteiger partial charge on any atom is -0.272 e. The molecule has 0 saturated heterocycles. The van der Waals surface area contributed by atoms with Gasteiger partial charge in [-0.25, -0.2) is 0 Å². The SMILES string of the molecule is CC(=O)N(n1nc(C(F)(F)F)cc1-c1ccc(C)cc1)S(=O)(=O)c1ccccc1. The van der Waals surface area contributed by atoms with E-state index in [1.165, 1.54) is 36.4 Å². The number of amides is 1. The minimum absolute atomic E-state index is 0.188. The summed E-state index contributed by atoms with van der Waals surface area (Å²) in [5, 5.41) is 3.41. The number of hydrogen-bond acceptors (Lipinski definition) is 4. The van der Waals surface area contributed by atoms with Crippen molar-refractivity contribution in [2.45, 2.75) is 24.9 Å². The molecule has 0 aliphatic rings. The van der Waals surface area contributed by atoms with Crippen molar-refractivity contribution < 1.29 is 26.4 Å². The first-order valence-corrected chi connectivity index (χ1v) is 9.81. The molecule has 0 aliphatic carbocycles. The third-order valence-electron chi connectivity index (χ3n) is 4.04. The Morgan fingerprint density at radius 2 is 1.62 bits per heavy atom. The normalized spacial score (nSPS) is 12.0. The van der Waals surface area contributed by atoms with Crippen LogP contribution in [0.15, 0.2) is 65.6 Å². The lowest BCUT2D eigenvalue weighted by atomic mass is 10.1. The molecule has 0 N–H and O–H groups in total.